The fraction of sp³-hybridized carbons (Fsp3) is 0.571. The molecule has 0 fully saturated rings. The van der Waals surface area contributed by atoms with Crippen LogP contribution in [0.1, 0.15) is 31.9 Å². The Bertz CT molecular complexity index is 340. The highest BCUT2D eigenvalue weighted by Crippen LogP contribution is 2.22. The van der Waals surface area contributed by atoms with Gasteiger partial charge in [0.05, 0.1) is 6.10 Å². The summed E-state index contributed by atoms with van der Waals surface area (Å²) in [5.41, 5.74) is 0.701. The number of hydrogen-bond donors (Lipinski definition) is 3. The number of benzene rings is 1. The second kappa shape index (κ2) is 7.46. The topological polar surface area (TPSA) is 52.5 Å². The molecule has 0 aliphatic heterocycles. The van der Waals surface area contributed by atoms with E-state index in [1.807, 2.05) is 13.8 Å². The lowest BCUT2D eigenvalue weighted by molar-refractivity contribution is 0.104. The average Bonchev–Trinajstić information content (AvgIpc) is 2.34. The molecule has 0 heterocycles. The first kappa shape index (κ1) is 15.1. The van der Waals surface area contributed by atoms with E-state index in [9.17, 15) is 9.50 Å². The van der Waals surface area contributed by atoms with Crippen molar-refractivity contribution in [2.75, 3.05) is 13.2 Å². The third kappa shape index (κ3) is 4.37. The van der Waals surface area contributed by atoms with Crippen LogP contribution in [-0.2, 0) is 0 Å². The molecule has 0 spiro atoms. The number of rotatable bonds is 7. The Hall–Kier alpha value is -0.970. The average molecular weight is 255 g/mol. The predicted octanol–water partition coefficient (Wildman–Crippen LogP) is 1.86. The Morgan fingerprint density at radius 2 is 1.83 bits per heavy atom. The molecular formula is C14H22FNO2. The Kier molecular flexibility index (Phi) is 6.25. The zero-order valence-electron chi connectivity index (χ0n) is 10.9. The molecule has 0 aliphatic rings. The van der Waals surface area contributed by atoms with Gasteiger partial charge in [0.2, 0.25) is 0 Å². The molecule has 0 amide bonds. The highest BCUT2D eigenvalue weighted by molar-refractivity contribution is 5.20. The lowest BCUT2D eigenvalue weighted by atomic mass is 9.93. The largest absolute Gasteiger partial charge is 0.396 e. The summed E-state index contributed by atoms with van der Waals surface area (Å²) in [6.07, 6.45) is -0.0244. The number of aliphatic hydroxyl groups is 2. The maximum absolute atomic E-state index is 12.8. The molecule has 102 valence electrons. The van der Waals surface area contributed by atoms with E-state index in [1.54, 1.807) is 12.1 Å². The molecule has 3 N–H and O–H groups in total. The molecule has 0 saturated carbocycles. The molecule has 0 radical (unpaired) electrons. The van der Waals surface area contributed by atoms with Crippen LogP contribution >= 0.6 is 0 Å². The quantitative estimate of drug-likeness (QED) is 0.652. The summed E-state index contributed by atoms with van der Waals surface area (Å²) in [5, 5.41) is 22.3. The molecule has 2 atom stereocenters. The minimum absolute atomic E-state index is 0.109. The summed E-state index contributed by atoms with van der Waals surface area (Å²) in [6, 6.07) is 5.79. The summed E-state index contributed by atoms with van der Waals surface area (Å²) in [7, 11) is 0. The van der Waals surface area contributed by atoms with Crippen LogP contribution < -0.4 is 5.32 Å². The molecule has 2 unspecified atom stereocenters. The molecule has 0 saturated heterocycles. The summed E-state index contributed by atoms with van der Waals surface area (Å²) in [6.45, 7) is 4.81. The summed E-state index contributed by atoms with van der Waals surface area (Å²) >= 11 is 0. The normalized spacial score (nSPS) is 14.8. The van der Waals surface area contributed by atoms with Gasteiger partial charge in [0.15, 0.2) is 0 Å². The molecule has 1 aromatic carbocycles. The SMILES string of the molecule is CC(C)C(NCCCO)C(O)c1ccc(F)cc1. The van der Waals surface area contributed by atoms with Gasteiger partial charge in [0.1, 0.15) is 5.82 Å². The number of hydrogen-bond acceptors (Lipinski definition) is 3. The molecular weight excluding hydrogens is 233 g/mol. The van der Waals surface area contributed by atoms with Crippen LogP contribution in [0.2, 0.25) is 0 Å². The van der Waals surface area contributed by atoms with Crippen molar-refractivity contribution in [3.05, 3.63) is 35.6 Å². The van der Waals surface area contributed by atoms with Crippen LogP contribution in [0.4, 0.5) is 4.39 Å². The summed E-state index contributed by atoms with van der Waals surface area (Å²) in [4.78, 5) is 0. The summed E-state index contributed by atoms with van der Waals surface area (Å²) < 4.78 is 12.8. The van der Waals surface area contributed by atoms with Gasteiger partial charge in [-0.2, -0.15) is 0 Å². The van der Waals surface area contributed by atoms with E-state index in [1.165, 1.54) is 12.1 Å². The smallest absolute Gasteiger partial charge is 0.123 e. The van der Waals surface area contributed by atoms with E-state index in [2.05, 4.69) is 5.32 Å². The van der Waals surface area contributed by atoms with Crippen LogP contribution in [0.5, 0.6) is 0 Å². The summed E-state index contributed by atoms with van der Waals surface area (Å²) in [5.74, 6) is -0.0657. The van der Waals surface area contributed by atoms with E-state index in [-0.39, 0.29) is 24.4 Å². The molecule has 3 nitrogen and oxygen atoms in total. The second-order valence-electron chi connectivity index (χ2n) is 4.80. The van der Waals surface area contributed by atoms with Gasteiger partial charge in [-0.1, -0.05) is 26.0 Å². The highest BCUT2D eigenvalue weighted by Gasteiger charge is 2.23. The van der Waals surface area contributed by atoms with Crippen LogP contribution in [0.25, 0.3) is 0 Å². The van der Waals surface area contributed by atoms with Crippen molar-refractivity contribution in [2.24, 2.45) is 5.92 Å². The van der Waals surface area contributed by atoms with Gasteiger partial charge in [-0.3, -0.25) is 0 Å². The van der Waals surface area contributed by atoms with Gasteiger partial charge < -0.3 is 15.5 Å². The van der Waals surface area contributed by atoms with E-state index >= 15 is 0 Å². The third-order valence-electron chi connectivity index (χ3n) is 2.98. The van der Waals surface area contributed by atoms with Crippen molar-refractivity contribution in [3.8, 4) is 0 Å². The van der Waals surface area contributed by atoms with E-state index in [0.29, 0.717) is 18.5 Å². The molecule has 0 aliphatic carbocycles. The Balaban J connectivity index is 2.69. The zero-order valence-corrected chi connectivity index (χ0v) is 10.9. The highest BCUT2D eigenvalue weighted by atomic mass is 19.1. The van der Waals surface area contributed by atoms with E-state index in [0.717, 1.165) is 0 Å². The number of nitrogens with one attached hydrogen (secondary N) is 1. The van der Waals surface area contributed by atoms with Gasteiger partial charge >= 0.3 is 0 Å². The molecule has 0 aromatic heterocycles. The van der Waals surface area contributed by atoms with E-state index < -0.39 is 6.10 Å². The standard InChI is InChI=1S/C14H22FNO2/c1-10(2)13(16-8-3-9-17)14(18)11-4-6-12(15)7-5-11/h4-7,10,13-14,16-18H,3,8-9H2,1-2H3. The second-order valence-corrected chi connectivity index (χ2v) is 4.80. The van der Waals surface area contributed by atoms with Gasteiger partial charge in [-0.05, 0) is 36.6 Å². The molecule has 0 bridgehead atoms. The van der Waals surface area contributed by atoms with Crippen molar-refractivity contribution < 1.29 is 14.6 Å². The first-order valence-corrected chi connectivity index (χ1v) is 6.34. The van der Waals surface area contributed by atoms with Crippen LogP contribution in [0.15, 0.2) is 24.3 Å². The van der Waals surface area contributed by atoms with Crippen molar-refractivity contribution >= 4 is 0 Å². The fourth-order valence-electron chi connectivity index (χ4n) is 1.93. The van der Waals surface area contributed by atoms with Crippen LogP contribution in [0.3, 0.4) is 0 Å². The first-order valence-electron chi connectivity index (χ1n) is 6.34. The minimum Gasteiger partial charge on any atom is -0.396 e. The molecule has 18 heavy (non-hydrogen) atoms. The van der Waals surface area contributed by atoms with Gasteiger partial charge in [0, 0.05) is 12.6 Å². The fourth-order valence-corrected chi connectivity index (χ4v) is 1.93. The minimum atomic E-state index is -0.677. The zero-order chi connectivity index (χ0) is 13.5. The van der Waals surface area contributed by atoms with Crippen LogP contribution in [0, 0.1) is 11.7 Å². The lowest BCUT2D eigenvalue weighted by Gasteiger charge is -2.28. The molecule has 1 aromatic rings. The maximum atomic E-state index is 12.8. The first-order chi connectivity index (χ1) is 8.56. The number of halogens is 1. The monoisotopic (exact) mass is 255 g/mol. The van der Waals surface area contributed by atoms with Crippen molar-refractivity contribution in [1.82, 2.24) is 5.32 Å². The lowest BCUT2D eigenvalue weighted by Crippen LogP contribution is -2.40. The molecule has 4 heteroatoms. The van der Waals surface area contributed by atoms with Gasteiger partial charge in [-0.25, -0.2) is 4.39 Å². The maximum Gasteiger partial charge on any atom is 0.123 e. The van der Waals surface area contributed by atoms with Crippen molar-refractivity contribution in [2.45, 2.75) is 32.4 Å². The van der Waals surface area contributed by atoms with Crippen molar-refractivity contribution in [1.29, 1.82) is 0 Å². The predicted molar refractivity (Wildman–Crippen MR) is 69.7 cm³/mol. The Morgan fingerprint density at radius 3 is 2.33 bits per heavy atom. The van der Waals surface area contributed by atoms with Crippen molar-refractivity contribution in [3.63, 3.8) is 0 Å². The van der Waals surface area contributed by atoms with Crippen LogP contribution in [-0.4, -0.2) is 29.4 Å². The van der Waals surface area contributed by atoms with Gasteiger partial charge in [-0.15, -0.1) is 0 Å². The Labute approximate surface area is 108 Å². The third-order valence-corrected chi connectivity index (χ3v) is 2.98. The Morgan fingerprint density at radius 1 is 1.22 bits per heavy atom. The number of aliphatic hydroxyl groups excluding tert-OH is 2. The van der Waals surface area contributed by atoms with Gasteiger partial charge in [0.25, 0.3) is 0 Å². The van der Waals surface area contributed by atoms with E-state index in [4.69, 9.17) is 5.11 Å². The molecule has 1 rings (SSSR count).